The van der Waals surface area contributed by atoms with Crippen LogP contribution < -0.4 is 5.32 Å². The molecule has 0 saturated carbocycles. The smallest absolute Gasteiger partial charge is 0.261 e. The van der Waals surface area contributed by atoms with Gasteiger partial charge in [0.05, 0.1) is 28.4 Å². The van der Waals surface area contributed by atoms with Crippen molar-refractivity contribution in [1.82, 2.24) is 25.5 Å². The van der Waals surface area contributed by atoms with Gasteiger partial charge in [0.1, 0.15) is 11.6 Å². The minimum atomic E-state index is -0.405. The third-order valence-corrected chi connectivity index (χ3v) is 4.71. The maximum Gasteiger partial charge on any atom is 0.261 e. The molecule has 10 nitrogen and oxygen atoms in total. The summed E-state index contributed by atoms with van der Waals surface area (Å²) in [5.41, 5.74) is 1.41. The number of nitrogens with zero attached hydrogens (tertiary/aromatic N) is 5. The summed E-state index contributed by atoms with van der Waals surface area (Å²) in [6.45, 7) is -0.0410. The number of aromatic amines is 1. The van der Waals surface area contributed by atoms with E-state index in [1.807, 2.05) is 6.07 Å². The molecule has 148 valence electrons. The molecular weight excluding hydrogens is 410 g/mol. The fraction of sp³-hybridized carbons (Fsp3) is 0.0526. The number of phenolic OH excluding ortho intramolecular Hbond substituents is 1. The van der Waals surface area contributed by atoms with Crippen LogP contribution in [-0.2, 0) is 6.54 Å². The van der Waals surface area contributed by atoms with Gasteiger partial charge in [-0.2, -0.15) is 10.5 Å². The van der Waals surface area contributed by atoms with Crippen LogP contribution in [-0.4, -0.2) is 42.4 Å². The van der Waals surface area contributed by atoms with Gasteiger partial charge in [0.15, 0.2) is 5.75 Å². The largest absolute Gasteiger partial charge is 0.504 e. The van der Waals surface area contributed by atoms with Crippen molar-refractivity contribution in [2.75, 3.05) is 5.32 Å². The highest BCUT2D eigenvalue weighted by Gasteiger charge is 2.35. The number of imide groups is 1. The van der Waals surface area contributed by atoms with Crippen LogP contribution in [0.4, 0.5) is 5.69 Å². The molecular formula is C19H12ClN7O3. The maximum atomic E-state index is 12.6. The van der Waals surface area contributed by atoms with E-state index in [0.717, 1.165) is 4.90 Å². The molecule has 2 amide bonds. The summed E-state index contributed by atoms with van der Waals surface area (Å²) in [4.78, 5) is 26.2. The number of phenols is 1. The second kappa shape index (κ2) is 7.65. The van der Waals surface area contributed by atoms with E-state index < -0.39 is 11.8 Å². The van der Waals surface area contributed by atoms with Crippen molar-refractivity contribution in [1.29, 1.82) is 5.26 Å². The van der Waals surface area contributed by atoms with E-state index in [9.17, 15) is 20.0 Å². The molecule has 2 aromatic carbocycles. The zero-order valence-electron chi connectivity index (χ0n) is 15.1. The second-order valence-electron chi connectivity index (χ2n) is 6.27. The van der Waals surface area contributed by atoms with Crippen LogP contribution in [0, 0.1) is 11.3 Å². The van der Waals surface area contributed by atoms with Crippen LogP contribution in [0.3, 0.4) is 0 Å². The quantitative estimate of drug-likeness (QED) is 0.323. The zero-order chi connectivity index (χ0) is 21.3. The van der Waals surface area contributed by atoms with Crippen molar-refractivity contribution >= 4 is 34.7 Å². The Morgan fingerprint density at radius 2 is 1.97 bits per heavy atom. The minimum absolute atomic E-state index is 0.0121. The van der Waals surface area contributed by atoms with E-state index in [1.54, 1.807) is 24.3 Å². The monoisotopic (exact) mass is 421 g/mol. The molecule has 0 unspecified atom stereocenters. The molecule has 0 bridgehead atoms. The Hall–Kier alpha value is -4.23. The highest BCUT2D eigenvalue weighted by molar-refractivity contribution is 6.32. The Bertz CT molecular complexity index is 1200. The number of nitriles is 1. The number of rotatable bonds is 5. The first-order valence-electron chi connectivity index (χ1n) is 8.57. The first kappa shape index (κ1) is 19.1. The molecule has 11 heteroatoms. The number of hydrogen-bond acceptors (Lipinski definition) is 8. The predicted octanol–water partition coefficient (Wildman–Crippen LogP) is 2.33. The molecule has 0 radical (unpaired) electrons. The maximum absolute atomic E-state index is 12.6. The van der Waals surface area contributed by atoms with Crippen LogP contribution in [0.25, 0.3) is 5.57 Å². The van der Waals surface area contributed by atoms with Gasteiger partial charge >= 0.3 is 0 Å². The molecule has 3 aromatic rings. The Morgan fingerprint density at radius 3 is 2.57 bits per heavy atom. The first-order valence-corrected chi connectivity index (χ1v) is 8.94. The third-order valence-electron chi connectivity index (χ3n) is 4.42. The molecule has 0 fully saturated rings. The van der Waals surface area contributed by atoms with E-state index in [1.165, 1.54) is 18.3 Å². The highest BCUT2D eigenvalue weighted by atomic mass is 35.5. The molecule has 0 atom stereocenters. The second-order valence-corrected chi connectivity index (χ2v) is 6.67. The van der Waals surface area contributed by atoms with Gasteiger partial charge in [0, 0.05) is 6.20 Å². The fourth-order valence-corrected chi connectivity index (χ4v) is 3.24. The van der Waals surface area contributed by atoms with Crippen molar-refractivity contribution in [3.63, 3.8) is 0 Å². The number of amides is 2. The average Bonchev–Trinajstić information content (AvgIpc) is 3.36. The molecule has 30 heavy (non-hydrogen) atoms. The summed E-state index contributed by atoms with van der Waals surface area (Å²) in [5, 5.41) is 35.3. The number of allylic oxidation sites excluding steroid dienone is 1. The SMILES string of the molecule is N#CC(=CNc1cc(CN2C(=O)c3ccccc3C2=O)cc(Cl)c1O)c1nn[nH]n1. The Kier molecular flexibility index (Phi) is 4.87. The number of hydrogen-bond donors (Lipinski definition) is 3. The number of anilines is 1. The zero-order valence-corrected chi connectivity index (χ0v) is 15.9. The lowest BCUT2D eigenvalue weighted by Gasteiger charge is -2.16. The van der Waals surface area contributed by atoms with E-state index in [4.69, 9.17) is 11.6 Å². The Morgan fingerprint density at radius 1 is 1.27 bits per heavy atom. The van der Waals surface area contributed by atoms with Crippen molar-refractivity contribution < 1.29 is 14.7 Å². The predicted molar refractivity (Wildman–Crippen MR) is 105 cm³/mol. The fourth-order valence-electron chi connectivity index (χ4n) is 2.99. The number of fused-ring (bicyclic) bond motifs is 1. The van der Waals surface area contributed by atoms with Gasteiger partial charge in [-0.05, 0) is 35.0 Å². The molecule has 4 rings (SSSR count). The lowest BCUT2D eigenvalue weighted by atomic mass is 10.1. The van der Waals surface area contributed by atoms with Crippen molar-refractivity contribution in [3.8, 4) is 11.8 Å². The van der Waals surface area contributed by atoms with Crippen LogP contribution in [0.1, 0.15) is 32.1 Å². The molecule has 0 spiro atoms. The average molecular weight is 422 g/mol. The summed E-state index contributed by atoms with van der Waals surface area (Å²) in [6.07, 6.45) is 1.28. The molecule has 0 aliphatic carbocycles. The Balaban J connectivity index is 1.61. The molecule has 1 aliphatic heterocycles. The molecule has 1 aromatic heterocycles. The number of carbonyl (C=O) groups is 2. The third kappa shape index (κ3) is 3.34. The van der Waals surface area contributed by atoms with Crippen LogP contribution >= 0.6 is 11.6 Å². The van der Waals surface area contributed by atoms with Crippen LogP contribution in [0.5, 0.6) is 5.75 Å². The van der Waals surface area contributed by atoms with E-state index in [2.05, 4.69) is 25.9 Å². The number of aromatic nitrogens is 4. The molecule has 2 heterocycles. The van der Waals surface area contributed by atoms with E-state index in [0.29, 0.717) is 16.7 Å². The number of benzene rings is 2. The van der Waals surface area contributed by atoms with Crippen LogP contribution in [0.15, 0.2) is 42.6 Å². The summed E-state index contributed by atoms with van der Waals surface area (Å²) >= 11 is 6.11. The van der Waals surface area contributed by atoms with Crippen LogP contribution in [0.2, 0.25) is 5.02 Å². The number of halogens is 1. The van der Waals surface area contributed by atoms with Crippen molar-refractivity contribution in [3.05, 3.63) is 70.1 Å². The van der Waals surface area contributed by atoms with Crippen molar-refractivity contribution in [2.24, 2.45) is 0 Å². The number of nitrogens with one attached hydrogen (secondary N) is 2. The van der Waals surface area contributed by atoms with Gasteiger partial charge < -0.3 is 10.4 Å². The standard InChI is InChI=1S/C19H12ClN7O3/c20-14-5-10(9-27-18(29)12-3-1-2-4-13(12)19(27)30)6-15(16(14)28)22-8-11(7-21)17-23-25-26-24-17/h1-6,8,22,28H,9H2,(H,23,24,25,26). The normalized spacial score (nSPS) is 13.3. The molecule has 3 N–H and O–H groups in total. The summed E-state index contributed by atoms with van der Waals surface area (Å²) < 4.78 is 0. The lowest BCUT2D eigenvalue weighted by molar-refractivity contribution is 0.0642. The van der Waals surface area contributed by atoms with Gasteiger partial charge in [-0.25, -0.2) is 0 Å². The number of carbonyl (C=O) groups excluding carboxylic acids is 2. The van der Waals surface area contributed by atoms with Gasteiger partial charge in [-0.3, -0.25) is 14.5 Å². The lowest BCUT2D eigenvalue weighted by Crippen LogP contribution is -2.29. The first-order chi connectivity index (χ1) is 14.5. The topological polar surface area (TPSA) is 148 Å². The Labute approximate surface area is 174 Å². The molecule has 1 aliphatic rings. The summed E-state index contributed by atoms with van der Waals surface area (Å²) in [5.74, 6) is -1.00. The summed E-state index contributed by atoms with van der Waals surface area (Å²) in [7, 11) is 0. The van der Waals surface area contributed by atoms with Gasteiger partial charge in [-0.15, -0.1) is 10.2 Å². The van der Waals surface area contributed by atoms with E-state index in [-0.39, 0.29) is 34.4 Å². The summed E-state index contributed by atoms with van der Waals surface area (Å²) in [6, 6.07) is 11.5. The number of aromatic hydroxyl groups is 1. The molecule has 0 saturated heterocycles. The van der Waals surface area contributed by atoms with Gasteiger partial charge in [0.2, 0.25) is 5.82 Å². The minimum Gasteiger partial charge on any atom is -0.504 e. The van der Waals surface area contributed by atoms with Crippen molar-refractivity contribution in [2.45, 2.75) is 6.54 Å². The highest BCUT2D eigenvalue weighted by Crippen LogP contribution is 2.35. The van der Waals surface area contributed by atoms with E-state index >= 15 is 0 Å². The van der Waals surface area contributed by atoms with Gasteiger partial charge in [0.25, 0.3) is 11.8 Å². The number of tetrazole rings is 1. The number of H-pyrrole nitrogens is 1. The van der Waals surface area contributed by atoms with Gasteiger partial charge in [-0.1, -0.05) is 23.7 Å².